The predicted octanol–water partition coefficient (Wildman–Crippen LogP) is 4.22. The first-order chi connectivity index (χ1) is 14.0. The van der Waals surface area contributed by atoms with Crippen LogP contribution in [-0.2, 0) is 16.0 Å². The van der Waals surface area contributed by atoms with E-state index in [9.17, 15) is 14.4 Å². The monoisotopic (exact) mass is 416 g/mol. The third-order valence-corrected chi connectivity index (χ3v) is 5.11. The number of Topliss-reactive ketones (excluding diaryl/α,β-unsaturated/α-hetero) is 1. The van der Waals surface area contributed by atoms with Crippen molar-refractivity contribution < 1.29 is 19.1 Å². The molecule has 1 N–H and O–H groups in total. The van der Waals surface area contributed by atoms with E-state index in [1.54, 1.807) is 25.7 Å². The van der Waals surface area contributed by atoms with Crippen LogP contribution in [0.25, 0.3) is 0 Å². The van der Waals surface area contributed by atoms with Crippen LogP contribution in [0.3, 0.4) is 0 Å². The Hall–Kier alpha value is -2.37. The first-order valence-electron chi connectivity index (χ1n) is 10.9. The molecule has 0 saturated carbocycles. The van der Waals surface area contributed by atoms with E-state index >= 15 is 0 Å². The van der Waals surface area contributed by atoms with Crippen molar-refractivity contribution in [3.05, 3.63) is 35.4 Å². The van der Waals surface area contributed by atoms with Crippen LogP contribution in [0.5, 0.6) is 0 Å². The number of ether oxygens (including phenoxy) is 1. The minimum Gasteiger partial charge on any atom is -0.444 e. The molecule has 1 saturated heterocycles. The number of hydrogen-bond donors (Lipinski definition) is 1. The Morgan fingerprint density at radius 1 is 1.10 bits per heavy atom. The summed E-state index contributed by atoms with van der Waals surface area (Å²) in [6.45, 7) is 11.1. The van der Waals surface area contributed by atoms with E-state index in [-0.39, 0.29) is 30.6 Å². The second-order valence-corrected chi connectivity index (χ2v) is 9.49. The molecule has 0 aromatic heterocycles. The van der Waals surface area contributed by atoms with E-state index in [0.29, 0.717) is 31.8 Å². The summed E-state index contributed by atoms with van der Waals surface area (Å²) in [7, 11) is 0. The molecule has 30 heavy (non-hydrogen) atoms. The first kappa shape index (κ1) is 23.9. The fourth-order valence-corrected chi connectivity index (χ4v) is 3.65. The van der Waals surface area contributed by atoms with Gasteiger partial charge in [0, 0.05) is 37.5 Å². The molecule has 2 rings (SSSR count). The number of benzene rings is 1. The van der Waals surface area contributed by atoms with Gasteiger partial charge in [0.2, 0.25) is 5.91 Å². The smallest absolute Gasteiger partial charge is 0.407 e. The normalized spacial score (nSPS) is 15.2. The summed E-state index contributed by atoms with van der Waals surface area (Å²) in [5.41, 5.74) is 1.45. The molecule has 6 nitrogen and oxygen atoms in total. The van der Waals surface area contributed by atoms with Gasteiger partial charge in [-0.2, -0.15) is 0 Å². The summed E-state index contributed by atoms with van der Waals surface area (Å²) in [6, 6.07) is 7.95. The van der Waals surface area contributed by atoms with Gasteiger partial charge in [-0.05, 0) is 51.5 Å². The molecule has 1 aliphatic heterocycles. The van der Waals surface area contributed by atoms with E-state index in [0.717, 1.165) is 12.0 Å². The van der Waals surface area contributed by atoms with Gasteiger partial charge in [-0.15, -0.1) is 0 Å². The van der Waals surface area contributed by atoms with E-state index < -0.39 is 11.7 Å². The molecule has 2 amide bonds. The standard InChI is InChI=1S/C24H36N2O4/c1-17(2)16-18-6-8-19(9-7-18)22(28)20-11-14-26(15-12-20)21(27)10-13-25-23(29)30-24(3,4)5/h6-9,17,20H,10-16H2,1-5H3,(H,25,29). The summed E-state index contributed by atoms with van der Waals surface area (Å²) in [4.78, 5) is 38.6. The van der Waals surface area contributed by atoms with Crippen molar-refractivity contribution in [1.29, 1.82) is 0 Å². The number of amides is 2. The van der Waals surface area contributed by atoms with Crippen molar-refractivity contribution in [2.24, 2.45) is 11.8 Å². The Morgan fingerprint density at radius 3 is 2.23 bits per heavy atom. The van der Waals surface area contributed by atoms with Gasteiger partial charge in [0.1, 0.15) is 5.60 Å². The molecule has 0 spiro atoms. The maximum Gasteiger partial charge on any atom is 0.407 e. The molecule has 166 valence electrons. The second kappa shape index (κ2) is 10.6. The van der Waals surface area contributed by atoms with E-state index in [2.05, 4.69) is 19.2 Å². The molecule has 1 heterocycles. The number of ketones is 1. The number of carbonyl (C=O) groups excluding carboxylic acids is 3. The summed E-state index contributed by atoms with van der Waals surface area (Å²) < 4.78 is 5.16. The molecule has 0 bridgehead atoms. The zero-order valence-corrected chi connectivity index (χ0v) is 19.0. The van der Waals surface area contributed by atoms with Gasteiger partial charge >= 0.3 is 6.09 Å². The van der Waals surface area contributed by atoms with Crippen LogP contribution >= 0.6 is 0 Å². The zero-order valence-electron chi connectivity index (χ0n) is 19.0. The zero-order chi connectivity index (χ0) is 22.3. The van der Waals surface area contributed by atoms with Gasteiger partial charge in [0.15, 0.2) is 5.78 Å². The van der Waals surface area contributed by atoms with Crippen molar-refractivity contribution in [1.82, 2.24) is 10.2 Å². The number of nitrogens with zero attached hydrogens (tertiary/aromatic N) is 1. The average molecular weight is 417 g/mol. The molecule has 0 unspecified atom stereocenters. The Balaban J connectivity index is 1.75. The number of nitrogens with one attached hydrogen (secondary N) is 1. The second-order valence-electron chi connectivity index (χ2n) is 9.49. The molecule has 0 radical (unpaired) electrons. The number of alkyl carbamates (subject to hydrolysis) is 1. The first-order valence-corrected chi connectivity index (χ1v) is 10.9. The van der Waals surface area contributed by atoms with Crippen LogP contribution in [0.2, 0.25) is 0 Å². The predicted molar refractivity (Wildman–Crippen MR) is 117 cm³/mol. The SMILES string of the molecule is CC(C)Cc1ccc(C(=O)C2CCN(C(=O)CCNC(=O)OC(C)(C)C)CC2)cc1. The third kappa shape index (κ3) is 7.81. The van der Waals surface area contributed by atoms with Crippen molar-refractivity contribution >= 4 is 17.8 Å². The highest BCUT2D eigenvalue weighted by Crippen LogP contribution is 2.23. The molecular formula is C24H36N2O4. The van der Waals surface area contributed by atoms with Crippen molar-refractivity contribution in [2.45, 2.75) is 65.9 Å². The number of likely N-dealkylation sites (tertiary alicyclic amines) is 1. The lowest BCUT2D eigenvalue weighted by Crippen LogP contribution is -2.42. The number of piperidine rings is 1. The van der Waals surface area contributed by atoms with Crippen LogP contribution in [0.15, 0.2) is 24.3 Å². The Morgan fingerprint density at radius 2 is 1.70 bits per heavy atom. The Bertz CT molecular complexity index is 727. The van der Waals surface area contributed by atoms with E-state index in [1.165, 1.54) is 5.56 Å². The molecule has 1 aromatic carbocycles. The molecule has 0 aliphatic carbocycles. The number of hydrogen-bond acceptors (Lipinski definition) is 4. The van der Waals surface area contributed by atoms with E-state index in [1.807, 2.05) is 24.3 Å². The van der Waals surface area contributed by atoms with E-state index in [4.69, 9.17) is 4.74 Å². The topological polar surface area (TPSA) is 75.7 Å². The fourth-order valence-electron chi connectivity index (χ4n) is 3.65. The van der Waals surface area contributed by atoms with Gasteiger partial charge in [-0.3, -0.25) is 9.59 Å². The van der Waals surface area contributed by atoms with Crippen LogP contribution < -0.4 is 5.32 Å². The Kier molecular flexibility index (Phi) is 8.44. The van der Waals surface area contributed by atoms with Gasteiger partial charge in [-0.25, -0.2) is 4.79 Å². The van der Waals surface area contributed by atoms with Crippen molar-refractivity contribution in [3.63, 3.8) is 0 Å². The van der Waals surface area contributed by atoms with Gasteiger partial charge in [0.05, 0.1) is 0 Å². The fraction of sp³-hybridized carbons (Fsp3) is 0.625. The molecule has 6 heteroatoms. The van der Waals surface area contributed by atoms with Crippen LogP contribution in [0.4, 0.5) is 4.79 Å². The minimum absolute atomic E-state index is 0.00463. The number of carbonyl (C=O) groups is 3. The summed E-state index contributed by atoms with van der Waals surface area (Å²) >= 11 is 0. The third-order valence-electron chi connectivity index (χ3n) is 5.11. The van der Waals surface area contributed by atoms with Crippen molar-refractivity contribution in [2.75, 3.05) is 19.6 Å². The highest BCUT2D eigenvalue weighted by molar-refractivity contribution is 5.98. The average Bonchev–Trinajstić information content (AvgIpc) is 2.66. The van der Waals surface area contributed by atoms with Crippen LogP contribution in [-0.4, -0.2) is 47.9 Å². The summed E-state index contributed by atoms with van der Waals surface area (Å²) in [5.74, 6) is 0.720. The van der Waals surface area contributed by atoms with Crippen molar-refractivity contribution in [3.8, 4) is 0 Å². The Labute approximate surface area is 180 Å². The van der Waals surface area contributed by atoms with Gasteiger partial charge in [-0.1, -0.05) is 38.1 Å². The lowest BCUT2D eigenvalue weighted by molar-refractivity contribution is -0.132. The summed E-state index contributed by atoms with van der Waals surface area (Å²) in [6.07, 6.45) is 2.08. The minimum atomic E-state index is -0.558. The lowest BCUT2D eigenvalue weighted by atomic mass is 9.88. The largest absolute Gasteiger partial charge is 0.444 e. The lowest BCUT2D eigenvalue weighted by Gasteiger charge is -2.31. The van der Waals surface area contributed by atoms with Gasteiger partial charge < -0.3 is 15.0 Å². The number of rotatable bonds is 7. The molecular weight excluding hydrogens is 380 g/mol. The highest BCUT2D eigenvalue weighted by atomic mass is 16.6. The molecule has 1 aromatic rings. The maximum absolute atomic E-state index is 12.8. The molecule has 1 fully saturated rings. The van der Waals surface area contributed by atoms with Gasteiger partial charge in [0.25, 0.3) is 0 Å². The van der Waals surface area contributed by atoms with Crippen LogP contribution in [0, 0.1) is 11.8 Å². The van der Waals surface area contributed by atoms with Crippen LogP contribution in [0.1, 0.15) is 69.8 Å². The highest BCUT2D eigenvalue weighted by Gasteiger charge is 2.28. The molecule has 0 atom stereocenters. The maximum atomic E-state index is 12.8. The molecule has 1 aliphatic rings. The summed E-state index contributed by atoms with van der Waals surface area (Å²) in [5, 5.41) is 2.61. The quantitative estimate of drug-likeness (QED) is 0.675.